The SMILES string of the molecule is CC(Cc1cccs1)CN1CCNCC1. The lowest BCUT2D eigenvalue weighted by molar-refractivity contribution is 0.211. The van der Waals surface area contributed by atoms with Crippen LogP contribution >= 0.6 is 11.3 Å². The topological polar surface area (TPSA) is 15.3 Å². The van der Waals surface area contributed by atoms with Crippen molar-refractivity contribution >= 4 is 11.3 Å². The lowest BCUT2D eigenvalue weighted by Crippen LogP contribution is -2.45. The van der Waals surface area contributed by atoms with Crippen molar-refractivity contribution in [2.24, 2.45) is 5.92 Å². The highest BCUT2D eigenvalue weighted by atomic mass is 32.1. The molecule has 1 N–H and O–H groups in total. The van der Waals surface area contributed by atoms with Crippen LogP contribution in [0.25, 0.3) is 0 Å². The van der Waals surface area contributed by atoms with Crippen LogP contribution in [0.15, 0.2) is 17.5 Å². The molecule has 84 valence electrons. The first kappa shape index (κ1) is 11.1. The van der Waals surface area contributed by atoms with Gasteiger partial charge < -0.3 is 10.2 Å². The molecule has 2 heterocycles. The molecule has 1 saturated heterocycles. The third kappa shape index (κ3) is 3.59. The summed E-state index contributed by atoms with van der Waals surface area (Å²) in [7, 11) is 0. The van der Waals surface area contributed by atoms with E-state index in [1.165, 1.54) is 30.9 Å². The summed E-state index contributed by atoms with van der Waals surface area (Å²) < 4.78 is 0. The molecule has 1 aromatic rings. The van der Waals surface area contributed by atoms with Gasteiger partial charge in [-0.2, -0.15) is 0 Å². The normalized spacial score (nSPS) is 20.3. The van der Waals surface area contributed by atoms with Gasteiger partial charge >= 0.3 is 0 Å². The minimum absolute atomic E-state index is 0.779. The van der Waals surface area contributed by atoms with Crippen LogP contribution in [0.4, 0.5) is 0 Å². The molecular formula is C12H20N2S. The molecule has 2 rings (SSSR count). The number of rotatable bonds is 4. The van der Waals surface area contributed by atoms with Crippen LogP contribution in [0.2, 0.25) is 0 Å². The third-order valence-electron chi connectivity index (χ3n) is 2.91. The highest BCUT2D eigenvalue weighted by Gasteiger charge is 2.13. The summed E-state index contributed by atoms with van der Waals surface area (Å²) in [5.74, 6) is 0.779. The fraction of sp³-hybridized carbons (Fsp3) is 0.667. The molecule has 0 spiro atoms. The lowest BCUT2D eigenvalue weighted by atomic mass is 10.1. The highest BCUT2D eigenvalue weighted by molar-refractivity contribution is 7.09. The van der Waals surface area contributed by atoms with E-state index in [9.17, 15) is 0 Å². The molecule has 0 radical (unpaired) electrons. The molecule has 15 heavy (non-hydrogen) atoms. The number of hydrogen-bond donors (Lipinski definition) is 1. The second-order valence-corrected chi connectivity index (χ2v) is 5.47. The van der Waals surface area contributed by atoms with Gasteiger partial charge in [-0.05, 0) is 23.8 Å². The van der Waals surface area contributed by atoms with Gasteiger partial charge in [-0.15, -0.1) is 11.3 Å². The van der Waals surface area contributed by atoms with Crippen molar-refractivity contribution in [3.8, 4) is 0 Å². The van der Waals surface area contributed by atoms with Gasteiger partial charge in [0.05, 0.1) is 0 Å². The van der Waals surface area contributed by atoms with Gasteiger partial charge in [0, 0.05) is 37.6 Å². The average molecular weight is 224 g/mol. The van der Waals surface area contributed by atoms with Gasteiger partial charge in [-0.1, -0.05) is 13.0 Å². The number of nitrogens with zero attached hydrogens (tertiary/aromatic N) is 1. The molecule has 0 saturated carbocycles. The van der Waals surface area contributed by atoms with E-state index in [0.717, 1.165) is 19.0 Å². The summed E-state index contributed by atoms with van der Waals surface area (Å²) in [5.41, 5.74) is 0. The van der Waals surface area contributed by atoms with Crippen LogP contribution in [0.3, 0.4) is 0 Å². The van der Waals surface area contributed by atoms with Gasteiger partial charge in [0.15, 0.2) is 0 Å². The van der Waals surface area contributed by atoms with Crippen LogP contribution < -0.4 is 5.32 Å². The largest absolute Gasteiger partial charge is 0.314 e. The summed E-state index contributed by atoms with van der Waals surface area (Å²) in [4.78, 5) is 4.10. The Morgan fingerprint density at radius 1 is 1.47 bits per heavy atom. The molecular weight excluding hydrogens is 204 g/mol. The second kappa shape index (κ2) is 5.64. The fourth-order valence-corrected chi connectivity index (χ4v) is 3.04. The fourth-order valence-electron chi connectivity index (χ4n) is 2.17. The summed E-state index contributed by atoms with van der Waals surface area (Å²) >= 11 is 1.88. The molecule has 0 amide bonds. The van der Waals surface area contributed by atoms with E-state index in [0.29, 0.717) is 0 Å². The molecule has 1 aliphatic heterocycles. The average Bonchev–Trinajstić information content (AvgIpc) is 2.71. The van der Waals surface area contributed by atoms with E-state index in [1.54, 1.807) is 0 Å². The maximum absolute atomic E-state index is 3.39. The molecule has 0 bridgehead atoms. The Hall–Kier alpha value is -0.380. The van der Waals surface area contributed by atoms with Gasteiger partial charge in [0.1, 0.15) is 0 Å². The summed E-state index contributed by atoms with van der Waals surface area (Å²) in [6, 6.07) is 4.40. The predicted molar refractivity (Wildman–Crippen MR) is 66.5 cm³/mol. The van der Waals surface area contributed by atoms with E-state index in [1.807, 2.05) is 11.3 Å². The van der Waals surface area contributed by atoms with Crippen molar-refractivity contribution in [2.75, 3.05) is 32.7 Å². The first-order valence-corrected chi connectivity index (χ1v) is 6.68. The molecule has 2 nitrogen and oxygen atoms in total. The molecule has 1 aliphatic rings. The highest BCUT2D eigenvalue weighted by Crippen LogP contribution is 2.15. The van der Waals surface area contributed by atoms with Crippen LogP contribution in [0.5, 0.6) is 0 Å². The Balaban J connectivity index is 1.74. The predicted octanol–water partition coefficient (Wildman–Crippen LogP) is 1.83. The zero-order valence-corrected chi connectivity index (χ0v) is 10.2. The maximum atomic E-state index is 3.39. The molecule has 1 aromatic heterocycles. The third-order valence-corrected chi connectivity index (χ3v) is 3.81. The number of piperazine rings is 1. The minimum atomic E-state index is 0.779. The standard InChI is InChI=1S/C12H20N2S/c1-11(9-12-3-2-8-15-12)10-14-6-4-13-5-7-14/h2-3,8,11,13H,4-7,9-10H2,1H3. The van der Waals surface area contributed by atoms with Gasteiger partial charge in [-0.3, -0.25) is 0 Å². The first-order valence-electron chi connectivity index (χ1n) is 5.80. The second-order valence-electron chi connectivity index (χ2n) is 4.44. The molecule has 0 aromatic carbocycles. The zero-order chi connectivity index (χ0) is 10.5. The zero-order valence-electron chi connectivity index (χ0n) is 9.41. The Labute approximate surface area is 96.3 Å². The Morgan fingerprint density at radius 2 is 2.27 bits per heavy atom. The summed E-state index contributed by atoms with van der Waals surface area (Å²) in [5, 5.41) is 5.57. The van der Waals surface area contributed by atoms with Crippen molar-refractivity contribution in [1.82, 2.24) is 10.2 Å². The Bertz CT molecular complexity index is 265. The van der Waals surface area contributed by atoms with Crippen molar-refractivity contribution in [1.29, 1.82) is 0 Å². The molecule has 1 fully saturated rings. The Morgan fingerprint density at radius 3 is 2.93 bits per heavy atom. The van der Waals surface area contributed by atoms with E-state index < -0.39 is 0 Å². The molecule has 1 unspecified atom stereocenters. The molecule has 1 atom stereocenters. The smallest absolute Gasteiger partial charge is 0.0107 e. The minimum Gasteiger partial charge on any atom is -0.314 e. The van der Waals surface area contributed by atoms with Crippen molar-refractivity contribution < 1.29 is 0 Å². The first-order chi connectivity index (χ1) is 7.34. The van der Waals surface area contributed by atoms with Crippen molar-refractivity contribution in [3.63, 3.8) is 0 Å². The van der Waals surface area contributed by atoms with Crippen molar-refractivity contribution in [3.05, 3.63) is 22.4 Å². The van der Waals surface area contributed by atoms with Crippen molar-refractivity contribution in [2.45, 2.75) is 13.3 Å². The quantitative estimate of drug-likeness (QED) is 0.839. The van der Waals surface area contributed by atoms with Crippen LogP contribution in [0.1, 0.15) is 11.8 Å². The van der Waals surface area contributed by atoms with Gasteiger partial charge in [0.25, 0.3) is 0 Å². The van der Waals surface area contributed by atoms with Crippen LogP contribution in [0, 0.1) is 5.92 Å². The maximum Gasteiger partial charge on any atom is 0.0107 e. The monoisotopic (exact) mass is 224 g/mol. The molecule has 0 aliphatic carbocycles. The number of nitrogens with one attached hydrogen (secondary N) is 1. The molecule has 3 heteroatoms. The number of thiophene rings is 1. The summed E-state index contributed by atoms with van der Waals surface area (Å²) in [6.45, 7) is 8.36. The van der Waals surface area contributed by atoms with E-state index >= 15 is 0 Å². The van der Waals surface area contributed by atoms with E-state index in [-0.39, 0.29) is 0 Å². The van der Waals surface area contributed by atoms with E-state index in [4.69, 9.17) is 0 Å². The van der Waals surface area contributed by atoms with Gasteiger partial charge in [0.2, 0.25) is 0 Å². The van der Waals surface area contributed by atoms with Crippen LogP contribution in [-0.4, -0.2) is 37.6 Å². The van der Waals surface area contributed by atoms with Gasteiger partial charge in [-0.25, -0.2) is 0 Å². The Kier molecular flexibility index (Phi) is 4.18. The summed E-state index contributed by atoms with van der Waals surface area (Å²) in [6.07, 6.45) is 1.24. The van der Waals surface area contributed by atoms with Crippen LogP contribution in [-0.2, 0) is 6.42 Å². The lowest BCUT2D eigenvalue weighted by Gasteiger charge is -2.29. The number of hydrogen-bond acceptors (Lipinski definition) is 3. The van der Waals surface area contributed by atoms with E-state index in [2.05, 4.69) is 34.7 Å².